The summed E-state index contributed by atoms with van der Waals surface area (Å²) in [5.74, 6) is -0.347. The maximum Gasteiger partial charge on any atom is 0.415 e. The molecule has 1 aliphatic heterocycles. The second-order valence-corrected chi connectivity index (χ2v) is 8.22. The Bertz CT molecular complexity index is 1200. The van der Waals surface area contributed by atoms with Crippen LogP contribution < -0.4 is 15.4 Å². The molecule has 0 radical (unpaired) electrons. The van der Waals surface area contributed by atoms with Gasteiger partial charge in [-0.05, 0) is 36.4 Å². The first kappa shape index (κ1) is 23.3. The van der Waals surface area contributed by atoms with E-state index in [-0.39, 0.29) is 19.0 Å². The number of halogens is 1. The van der Waals surface area contributed by atoms with Crippen molar-refractivity contribution >= 4 is 25.7 Å². The minimum atomic E-state index is -0.902. The van der Waals surface area contributed by atoms with Gasteiger partial charge in [0.1, 0.15) is 17.1 Å². The van der Waals surface area contributed by atoms with Crippen molar-refractivity contribution < 1.29 is 18.7 Å². The first-order chi connectivity index (χ1) is 16.3. The Kier molecular flexibility index (Phi) is 6.55. The molecule has 3 aromatic rings. The van der Waals surface area contributed by atoms with Crippen molar-refractivity contribution in [2.45, 2.75) is 26.0 Å². The second-order valence-electron chi connectivity index (χ2n) is 8.22. The molecule has 0 saturated carbocycles. The van der Waals surface area contributed by atoms with Crippen molar-refractivity contribution in [2.75, 3.05) is 24.5 Å². The van der Waals surface area contributed by atoms with Gasteiger partial charge in [0.05, 0.1) is 25.3 Å². The fraction of sp³-hybridized carbons (Fsp3) is 0.333. The summed E-state index contributed by atoms with van der Waals surface area (Å²) >= 11 is 0. The van der Waals surface area contributed by atoms with Crippen LogP contribution in [0, 0.1) is 5.82 Å². The molecule has 1 aliphatic rings. The predicted molar refractivity (Wildman–Crippen MR) is 124 cm³/mol. The molecule has 1 fully saturated rings. The highest BCUT2D eigenvalue weighted by molar-refractivity contribution is 6.04. The lowest BCUT2D eigenvalue weighted by Gasteiger charge is -2.21. The monoisotopic (exact) mass is 466 g/mol. The van der Waals surface area contributed by atoms with E-state index in [9.17, 15) is 9.59 Å². The zero-order valence-electron chi connectivity index (χ0n) is 19.1. The number of benzene rings is 1. The van der Waals surface area contributed by atoms with Gasteiger partial charge in [0.2, 0.25) is 11.7 Å². The van der Waals surface area contributed by atoms with E-state index < -0.39 is 17.5 Å². The number of amides is 2. The summed E-state index contributed by atoms with van der Waals surface area (Å²) in [5.41, 5.74) is 0.886. The zero-order chi connectivity index (χ0) is 24.3. The van der Waals surface area contributed by atoms with E-state index in [0.717, 1.165) is 0 Å². The number of rotatable bonds is 8. The molecule has 1 saturated heterocycles. The lowest BCUT2D eigenvalue weighted by molar-refractivity contribution is -0.119. The highest BCUT2D eigenvalue weighted by atomic mass is 19.1. The van der Waals surface area contributed by atoms with Gasteiger partial charge in [0.15, 0.2) is 7.98 Å². The molecule has 1 aromatic carbocycles. The largest absolute Gasteiger partial charge is 0.439 e. The zero-order valence-corrected chi connectivity index (χ0v) is 19.1. The number of hydrogen-bond donors (Lipinski definition) is 2. The maximum absolute atomic E-state index is 15.0. The van der Waals surface area contributed by atoms with E-state index >= 15 is 4.39 Å². The fourth-order valence-electron chi connectivity index (χ4n) is 3.54. The molecule has 34 heavy (non-hydrogen) atoms. The van der Waals surface area contributed by atoms with Crippen molar-refractivity contribution in [1.82, 2.24) is 35.7 Å². The Labute approximate surface area is 196 Å². The van der Waals surface area contributed by atoms with Crippen molar-refractivity contribution in [1.29, 1.82) is 0 Å². The van der Waals surface area contributed by atoms with Crippen LogP contribution in [0.5, 0.6) is 0 Å². The summed E-state index contributed by atoms with van der Waals surface area (Å²) in [4.78, 5) is 30.7. The van der Waals surface area contributed by atoms with E-state index in [0.29, 0.717) is 41.4 Å². The van der Waals surface area contributed by atoms with Gasteiger partial charge in [-0.15, -0.1) is 10.2 Å². The number of nitrogens with zero attached hydrogens (tertiary/aromatic N) is 6. The van der Waals surface area contributed by atoms with E-state index in [1.807, 2.05) is 7.98 Å². The molecular formula is C21H24BFN8O3. The molecule has 1 atom stereocenters. The average molecular weight is 466 g/mol. The second kappa shape index (κ2) is 9.55. The Balaban J connectivity index is 1.48. The Morgan fingerprint density at radius 2 is 2.15 bits per heavy atom. The first-order valence-electron chi connectivity index (χ1n) is 10.7. The van der Waals surface area contributed by atoms with Gasteiger partial charge in [0.25, 0.3) is 0 Å². The summed E-state index contributed by atoms with van der Waals surface area (Å²) in [7, 11) is 1.84. The molecule has 13 heteroatoms. The minimum absolute atomic E-state index is 0.168. The lowest BCUT2D eigenvalue weighted by atomic mass is 10.0. The normalized spacial score (nSPS) is 17.6. The van der Waals surface area contributed by atoms with Crippen molar-refractivity contribution in [3.8, 4) is 22.6 Å². The van der Waals surface area contributed by atoms with Gasteiger partial charge in [-0.1, -0.05) is 6.07 Å². The number of anilines is 1. The number of hydrogen-bond acceptors (Lipinski definition) is 8. The topological polar surface area (TPSA) is 127 Å². The van der Waals surface area contributed by atoms with Gasteiger partial charge in [-0.2, -0.15) is 4.80 Å². The summed E-state index contributed by atoms with van der Waals surface area (Å²) in [6, 6.07) is 7.94. The molecular weight excluding hydrogens is 442 g/mol. The van der Waals surface area contributed by atoms with Crippen LogP contribution in [-0.4, -0.2) is 70.4 Å². The van der Waals surface area contributed by atoms with Gasteiger partial charge < -0.3 is 15.3 Å². The highest BCUT2D eigenvalue weighted by Crippen LogP contribution is 2.31. The van der Waals surface area contributed by atoms with Gasteiger partial charge in [-0.3, -0.25) is 14.7 Å². The van der Waals surface area contributed by atoms with Crippen LogP contribution in [0.3, 0.4) is 0 Å². The number of cyclic esters (lactones) is 1. The summed E-state index contributed by atoms with van der Waals surface area (Å²) in [6.45, 7) is 4.74. The van der Waals surface area contributed by atoms with E-state index in [2.05, 4.69) is 30.9 Å². The van der Waals surface area contributed by atoms with Crippen LogP contribution in [0.25, 0.3) is 22.6 Å². The number of nitrogens with one attached hydrogen (secondary N) is 2. The van der Waals surface area contributed by atoms with Crippen LogP contribution in [0.4, 0.5) is 14.9 Å². The van der Waals surface area contributed by atoms with Crippen molar-refractivity contribution in [2.24, 2.45) is 0 Å². The summed E-state index contributed by atoms with van der Waals surface area (Å²) in [6.07, 6.45) is 0.942. The SMILES string of the molecule is BNCCn1nnc(-c2ccc(-c3ccc(N4C[C@](C)(CNC(C)=O)OC4=O)cc3F)cn2)n1. The number of aromatic nitrogens is 5. The average Bonchev–Trinajstić information content (AvgIpc) is 3.41. The Morgan fingerprint density at radius 3 is 2.82 bits per heavy atom. The van der Waals surface area contributed by atoms with Crippen molar-refractivity contribution in [3.05, 3.63) is 42.3 Å². The molecule has 176 valence electrons. The van der Waals surface area contributed by atoms with Crippen LogP contribution in [-0.2, 0) is 16.1 Å². The molecule has 0 aliphatic carbocycles. The number of ether oxygens (including phenoxy) is 1. The lowest BCUT2D eigenvalue weighted by Crippen LogP contribution is -2.43. The molecule has 11 nitrogen and oxygen atoms in total. The number of carbonyl (C=O) groups is 2. The highest BCUT2D eigenvalue weighted by Gasteiger charge is 2.42. The quantitative estimate of drug-likeness (QED) is 0.461. The number of pyridine rings is 1. The summed E-state index contributed by atoms with van der Waals surface area (Å²) in [5, 5.41) is 17.9. The van der Waals surface area contributed by atoms with Crippen LogP contribution in [0.2, 0.25) is 0 Å². The first-order valence-corrected chi connectivity index (χ1v) is 10.7. The third-order valence-corrected chi connectivity index (χ3v) is 5.34. The van der Waals surface area contributed by atoms with Gasteiger partial charge >= 0.3 is 6.09 Å². The molecule has 2 N–H and O–H groups in total. The molecule has 2 amide bonds. The minimum Gasteiger partial charge on any atom is -0.439 e. The number of tetrazole rings is 1. The number of carbonyl (C=O) groups excluding carboxylic acids is 2. The predicted octanol–water partition coefficient (Wildman–Crippen LogP) is 0.530. The van der Waals surface area contributed by atoms with Crippen LogP contribution >= 0.6 is 0 Å². The molecule has 2 aromatic heterocycles. The summed E-state index contributed by atoms with van der Waals surface area (Å²) < 4.78 is 20.4. The Hall–Kier alpha value is -3.87. The Morgan fingerprint density at radius 1 is 1.32 bits per heavy atom. The van der Waals surface area contributed by atoms with E-state index in [1.165, 1.54) is 28.9 Å². The van der Waals surface area contributed by atoms with Gasteiger partial charge in [-0.25, -0.2) is 9.18 Å². The van der Waals surface area contributed by atoms with Gasteiger partial charge in [0, 0.05) is 30.8 Å². The molecule has 4 rings (SSSR count). The maximum atomic E-state index is 15.0. The fourth-order valence-corrected chi connectivity index (χ4v) is 3.54. The molecule has 3 heterocycles. The van der Waals surface area contributed by atoms with Crippen LogP contribution in [0.15, 0.2) is 36.5 Å². The molecule has 0 spiro atoms. The molecule has 0 bridgehead atoms. The third kappa shape index (κ3) is 5.04. The van der Waals surface area contributed by atoms with Crippen LogP contribution in [0.1, 0.15) is 13.8 Å². The van der Waals surface area contributed by atoms with E-state index in [4.69, 9.17) is 4.74 Å². The standard InChI is InChI=1S/C21H24BFN8O3/c1-13(32)25-11-21(2)12-30(20(33)34-21)15-4-5-16(17(23)9-15)14-3-6-18(24-10-14)19-27-29-31(28-19)8-7-26-22/h3-6,9-10,26H,7-8,11-12,22H2,1-2H3,(H,25,32)/t21-/m0/s1. The smallest absolute Gasteiger partial charge is 0.415 e. The van der Waals surface area contributed by atoms with E-state index in [1.54, 1.807) is 31.2 Å². The van der Waals surface area contributed by atoms with Crippen molar-refractivity contribution in [3.63, 3.8) is 0 Å². The third-order valence-electron chi connectivity index (χ3n) is 5.34. The molecule has 0 unspecified atom stereocenters.